The molecule has 2 rings (SSSR count). The first-order valence-electron chi connectivity index (χ1n) is 6.50. The number of rotatable bonds is 7. The van der Waals surface area contributed by atoms with Crippen LogP contribution in [0.3, 0.4) is 0 Å². The average Bonchev–Trinajstić information content (AvgIpc) is 2.84. The summed E-state index contributed by atoms with van der Waals surface area (Å²) in [6.07, 6.45) is 2.62. The number of anilines is 2. The van der Waals surface area contributed by atoms with Crippen molar-refractivity contribution in [3.05, 3.63) is 18.0 Å². The van der Waals surface area contributed by atoms with Crippen LogP contribution < -0.4 is 15.4 Å². The predicted molar refractivity (Wildman–Crippen MR) is 75.9 cm³/mol. The fourth-order valence-electron chi connectivity index (χ4n) is 1.69. The third-order valence-corrected chi connectivity index (χ3v) is 2.70. The van der Waals surface area contributed by atoms with Crippen LogP contribution in [0.4, 0.5) is 11.9 Å². The van der Waals surface area contributed by atoms with E-state index in [1.54, 1.807) is 13.2 Å². The zero-order valence-electron chi connectivity index (χ0n) is 11.9. The van der Waals surface area contributed by atoms with E-state index in [4.69, 9.17) is 4.74 Å². The van der Waals surface area contributed by atoms with Gasteiger partial charge < -0.3 is 15.4 Å². The number of hydrogen-bond donors (Lipinski definition) is 2. The summed E-state index contributed by atoms with van der Waals surface area (Å²) in [4.78, 5) is 12.5. The van der Waals surface area contributed by atoms with E-state index in [2.05, 4.69) is 30.7 Å². The van der Waals surface area contributed by atoms with Crippen molar-refractivity contribution in [3.8, 4) is 6.01 Å². The van der Waals surface area contributed by atoms with Gasteiger partial charge in [-0.05, 0) is 13.0 Å². The molecule has 0 aliphatic heterocycles. The summed E-state index contributed by atoms with van der Waals surface area (Å²) in [5.74, 6) is 0.974. The van der Waals surface area contributed by atoms with Gasteiger partial charge in [0.25, 0.3) is 0 Å². The van der Waals surface area contributed by atoms with Crippen LogP contribution in [-0.4, -0.2) is 44.9 Å². The van der Waals surface area contributed by atoms with Gasteiger partial charge >= 0.3 is 6.01 Å². The number of hydrogen-bond acceptors (Lipinski definition) is 7. The van der Waals surface area contributed by atoms with Gasteiger partial charge in [-0.3, -0.25) is 4.68 Å². The second-order valence-electron chi connectivity index (χ2n) is 4.07. The van der Waals surface area contributed by atoms with E-state index >= 15 is 0 Å². The average molecular weight is 277 g/mol. The summed E-state index contributed by atoms with van der Waals surface area (Å²) < 4.78 is 7.15. The zero-order valence-corrected chi connectivity index (χ0v) is 11.9. The first-order chi connectivity index (χ1) is 9.72. The van der Waals surface area contributed by atoms with Crippen LogP contribution in [0.15, 0.2) is 12.3 Å². The lowest BCUT2D eigenvalue weighted by Gasteiger charge is -2.08. The number of aryl methyl sites for hydroxylation is 1. The highest BCUT2D eigenvalue weighted by Crippen LogP contribution is 2.10. The Balaban J connectivity index is 1.97. The molecular formula is C12H19N7O. The molecule has 8 heteroatoms. The monoisotopic (exact) mass is 277 g/mol. The Labute approximate surface area is 117 Å². The molecule has 0 aliphatic carbocycles. The minimum absolute atomic E-state index is 0.315. The molecule has 2 N–H and O–H groups in total. The Morgan fingerprint density at radius 3 is 2.70 bits per heavy atom. The van der Waals surface area contributed by atoms with Crippen LogP contribution in [-0.2, 0) is 13.5 Å². The van der Waals surface area contributed by atoms with E-state index in [1.807, 2.05) is 24.7 Å². The number of ether oxygens (including phenoxy) is 1. The first-order valence-corrected chi connectivity index (χ1v) is 6.50. The molecule has 0 bridgehead atoms. The van der Waals surface area contributed by atoms with E-state index in [0.717, 1.165) is 12.1 Å². The van der Waals surface area contributed by atoms with E-state index in [-0.39, 0.29) is 0 Å². The summed E-state index contributed by atoms with van der Waals surface area (Å²) in [6.45, 7) is 3.11. The summed E-state index contributed by atoms with van der Waals surface area (Å²) in [6, 6.07) is 2.30. The molecule has 8 nitrogen and oxygen atoms in total. The molecule has 0 aromatic carbocycles. The molecule has 20 heavy (non-hydrogen) atoms. The first kappa shape index (κ1) is 14.0. The highest BCUT2D eigenvalue weighted by molar-refractivity contribution is 5.35. The molecule has 0 atom stereocenters. The van der Waals surface area contributed by atoms with Gasteiger partial charge in [-0.15, -0.1) is 0 Å². The second kappa shape index (κ2) is 6.69. The second-order valence-corrected chi connectivity index (χ2v) is 4.07. The lowest BCUT2D eigenvalue weighted by atomic mass is 10.3. The molecule has 0 saturated heterocycles. The summed E-state index contributed by atoms with van der Waals surface area (Å²) in [5.41, 5.74) is 1.14. The molecule has 2 aromatic heterocycles. The predicted octanol–water partition coefficient (Wildman–Crippen LogP) is 0.700. The van der Waals surface area contributed by atoms with Crippen LogP contribution in [0.5, 0.6) is 6.01 Å². The molecule has 0 fully saturated rings. The van der Waals surface area contributed by atoms with Crippen LogP contribution in [0, 0.1) is 0 Å². The van der Waals surface area contributed by atoms with Gasteiger partial charge in [0.2, 0.25) is 11.9 Å². The quantitative estimate of drug-likeness (QED) is 0.770. The van der Waals surface area contributed by atoms with Gasteiger partial charge in [-0.1, -0.05) is 0 Å². The van der Waals surface area contributed by atoms with E-state index in [1.165, 1.54) is 0 Å². The summed E-state index contributed by atoms with van der Waals surface area (Å²) >= 11 is 0. The smallest absolute Gasteiger partial charge is 0.323 e. The summed E-state index contributed by atoms with van der Waals surface area (Å²) in [5, 5.41) is 10.2. The van der Waals surface area contributed by atoms with Crippen molar-refractivity contribution < 1.29 is 4.74 Å². The number of nitrogens with one attached hydrogen (secondary N) is 2. The zero-order chi connectivity index (χ0) is 14.4. The van der Waals surface area contributed by atoms with Gasteiger partial charge in [0.05, 0.1) is 6.61 Å². The third-order valence-electron chi connectivity index (χ3n) is 2.70. The summed E-state index contributed by atoms with van der Waals surface area (Å²) in [7, 11) is 3.68. The maximum Gasteiger partial charge on any atom is 0.323 e. The largest absolute Gasteiger partial charge is 0.464 e. The van der Waals surface area contributed by atoms with Gasteiger partial charge in [0.1, 0.15) is 0 Å². The van der Waals surface area contributed by atoms with Gasteiger partial charge in [-0.25, -0.2) is 0 Å². The third kappa shape index (κ3) is 3.56. The standard InChI is InChI=1S/C12H19N7O/c1-4-20-12-17-10(13-2)16-11(18-12)14-7-5-9-6-8-15-19(9)3/h6,8H,4-5,7H2,1-3H3,(H2,13,14,16,17,18). The minimum atomic E-state index is 0.315. The molecule has 108 valence electrons. The molecule has 0 amide bonds. The fraction of sp³-hybridized carbons (Fsp3) is 0.500. The van der Waals surface area contributed by atoms with E-state index in [0.29, 0.717) is 31.1 Å². The maximum absolute atomic E-state index is 5.30. The Kier molecular flexibility index (Phi) is 4.70. The SMILES string of the molecule is CCOc1nc(NC)nc(NCCc2ccnn2C)n1. The van der Waals surface area contributed by atoms with Gasteiger partial charge in [0.15, 0.2) is 0 Å². The van der Waals surface area contributed by atoms with Gasteiger partial charge in [0, 0.05) is 39.0 Å². The van der Waals surface area contributed by atoms with E-state index in [9.17, 15) is 0 Å². The molecular weight excluding hydrogens is 258 g/mol. The van der Waals surface area contributed by atoms with Crippen molar-refractivity contribution in [2.75, 3.05) is 30.8 Å². The Hall–Kier alpha value is -2.38. The molecule has 0 spiro atoms. The highest BCUT2D eigenvalue weighted by atomic mass is 16.5. The Bertz CT molecular complexity index is 554. The van der Waals surface area contributed by atoms with Crippen molar-refractivity contribution in [2.45, 2.75) is 13.3 Å². The number of nitrogens with zero attached hydrogens (tertiary/aromatic N) is 5. The molecule has 0 radical (unpaired) electrons. The van der Waals surface area contributed by atoms with Crippen LogP contribution in [0.1, 0.15) is 12.6 Å². The van der Waals surface area contributed by atoms with E-state index < -0.39 is 0 Å². The van der Waals surface area contributed by atoms with Crippen LogP contribution in [0.2, 0.25) is 0 Å². The fourth-order valence-corrected chi connectivity index (χ4v) is 1.69. The Morgan fingerprint density at radius 2 is 2.05 bits per heavy atom. The molecule has 2 heterocycles. The molecule has 0 aliphatic rings. The van der Waals surface area contributed by atoms with Crippen molar-refractivity contribution >= 4 is 11.9 Å². The maximum atomic E-state index is 5.30. The lowest BCUT2D eigenvalue weighted by molar-refractivity contribution is 0.312. The molecule has 0 saturated carbocycles. The lowest BCUT2D eigenvalue weighted by Crippen LogP contribution is -2.12. The van der Waals surface area contributed by atoms with Crippen molar-refractivity contribution in [1.29, 1.82) is 0 Å². The normalized spacial score (nSPS) is 10.3. The van der Waals surface area contributed by atoms with Crippen LogP contribution >= 0.6 is 0 Å². The van der Waals surface area contributed by atoms with Crippen molar-refractivity contribution in [1.82, 2.24) is 24.7 Å². The van der Waals surface area contributed by atoms with Crippen molar-refractivity contribution in [3.63, 3.8) is 0 Å². The molecule has 0 unspecified atom stereocenters. The highest BCUT2D eigenvalue weighted by Gasteiger charge is 2.06. The minimum Gasteiger partial charge on any atom is -0.464 e. The van der Waals surface area contributed by atoms with Gasteiger partial charge in [-0.2, -0.15) is 20.1 Å². The number of aromatic nitrogens is 5. The Morgan fingerprint density at radius 1 is 1.25 bits per heavy atom. The van der Waals surface area contributed by atoms with Crippen LogP contribution in [0.25, 0.3) is 0 Å². The topological polar surface area (TPSA) is 89.8 Å². The molecule has 2 aromatic rings. The van der Waals surface area contributed by atoms with Crippen molar-refractivity contribution in [2.24, 2.45) is 7.05 Å².